The molecule has 0 saturated carbocycles. The minimum Gasteiger partial charge on any atom is -0.304 e. The van der Waals surface area contributed by atoms with Gasteiger partial charge in [-0.05, 0) is 44.3 Å². The number of likely N-dealkylation sites (N-methyl/N-ethyl adjacent to an activating group) is 1. The Morgan fingerprint density at radius 3 is 2.47 bits per heavy atom. The average molecular weight is 491 g/mol. The van der Waals surface area contributed by atoms with Crippen LogP contribution in [0.4, 0.5) is 5.13 Å². The third-order valence-electron chi connectivity index (χ3n) is 5.33. The Kier molecular flexibility index (Phi) is 6.64. The second kappa shape index (κ2) is 9.29. The number of halogens is 1. The zero-order valence-corrected chi connectivity index (χ0v) is 20.1. The van der Waals surface area contributed by atoms with E-state index in [-0.39, 0.29) is 10.5 Å². The molecule has 1 saturated heterocycles. The molecule has 168 valence electrons. The number of hydrogen-bond donors (Lipinski definition) is 1. The molecule has 1 aliphatic heterocycles. The summed E-state index contributed by atoms with van der Waals surface area (Å²) in [6, 6.07) is 13.5. The molecule has 3 aromatic rings. The summed E-state index contributed by atoms with van der Waals surface area (Å²) < 4.78 is 27.5. The smallest absolute Gasteiger partial charge is 0.257 e. The van der Waals surface area contributed by atoms with Crippen molar-refractivity contribution in [2.24, 2.45) is 0 Å². The van der Waals surface area contributed by atoms with Crippen molar-refractivity contribution in [1.29, 1.82) is 0 Å². The number of benzene rings is 2. The molecule has 0 spiro atoms. The number of thiazole rings is 1. The molecule has 7 nitrogen and oxygen atoms in total. The molecule has 1 aliphatic rings. The van der Waals surface area contributed by atoms with Crippen molar-refractivity contribution in [1.82, 2.24) is 14.2 Å². The number of anilines is 1. The van der Waals surface area contributed by atoms with Gasteiger partial charge in [0.2, 0.25) is 10.0 Å². The maximum atomic E-state index is 13.0. The van der Waals surface area contributed by atoms with Crippen LogP contribution in [0.5, 0.6) is 0 Å². The first-order valence-corrected chi connectivity index (χ1v) is 12.7. The van der Waals surface area contributed by atoms with E-state index in [2.05, 4.69) is 15.2 Å². The van der Waals surface area contributed by atoms with E-state index in [0.717, 1.165) is 16.1 Å². The summed E-state index contributed by atoms with van der Waals surface area (Å²) in [5.41, 5.74) is 1.94. The molecule has 0 unspecified atom stereocenters. The molecule has 4 rings (SSSR count). The highest BCUT2D eigenvalue weighted by atomic mass is 35.5. The van der Waals surface area contributed by atoms with Gasteiger partial charge in [-0.25, -0.2) is 13.4 Å². The Morgan fingerprint density at radius 2 is 1.78 bits per heavy atom. The van der Waals surface area contributed by atoms with Crippen LogP contribution in [0.15, 0.2) is 53.4 Å². The van der Waals surface area contributed by atoms with E-state index < -0.39 is 15.9 Å². The lowest BCUT2D eigenvalue weighted by atomic mass is 10.1. The lowest BCUT2D eigenvalue weighted by Gasteiger charge is -2.31. The van der Waals surface area contributed by atoms with Crippen LogP contribution in [0, 0.1) is 6.92 Å². The average Bonchev–Trinajstić information content (AvgIpc) is 3.14. The van der Waals surface area contributed by atoms with E-state index in [9.17, 15) is 13.2 Å². The summed E-state index contributed by atoms with van der Waals surface area (Å²) in [5, 5.41) is 3.88. The molecule has 1 fully saturated rings. The predicted molar refractivity (Wildman–Crippen MR) is 128 cm³/mol. The van der Waals surface area contributed by atoms with E-state index in [1.165, 1.54) is 27.8 Å². The maximum Gasteiger partial charge on any atom is 0.257 e. The first-order chi connectivity index (χ1) is 15.2. The first-order valence-electron chi connectivity index (χ1n) is 10.1. The normalized spacial score (nSPS) is 15.6. The van der Waals surface area contributed by atoms with Gasteiger partial charge in [0.05, 0.1) is 10.6 Å². The van der Waals surface area contributed by atoms with Gasteiger partial charge in [0.25, 0.3) is 5.91 Å². The molecule has 1 aromatic heterocycles. The number of amides is 1. The van der Waals surface area contributed by atoms with E-state index in [4.69, 9.17) is 11.6 Å². The quantitative estimate of drug-likeness (QED) is 0.585. The molecular weight excluding hydrogens is 468 g/mol. The van der Waals surface area contributed by atoms with Gasteiger partial charge in [-0.15, -0.1) is 11.3 Å². The third kappa shape index (κ3) is 4.87. The van der Waals surface area contributed by atoms with Crippen molar-refractivity contribution in [2.75, 3.05) is 38.5 Å². The highest BCUT2D eigenvalue weighted by Crippen LogP contribution is 2.31. The van der Waals surface area contributed by atoms with Crippen molar-refractivity contribution in [3.63, 3.8) is 0 Å². The molecule has 2 aromatic carbocycles. The molecule has 1 N–H and O–H groups in total. The number of piperazine rings is 1. The Hall–Kier alpha value is -2.30. The monoisotopic (exact) mass is 490 g/mol. The number of sulfonamides is 1. The number of aromatic nitrogens is 1. The van der Waals surface area contributed by atoms with Gasteiger partial charge >= 0.3 is 0 Å². The van der Waals surface area contributed by atoms with E-state index in [1.807, 2.05) is 26.1 Å². The van der Waals surface area contributed by atoms with Gasteiger partial charge in [0.15, 0.2) is 5.13 Å². The lowest BCUT2D eigenvalue weighted by Crippen LogP contribution is -2.47. The fraction of sp³-hybridized carbons (Fsp3) is 0.273. The van der Waals surface area contributed by atoms with Gasteiger partial charge in [-0.3, -0.25) is 10.1 Å². The van der Waals surface area contributed by atoms with Crippen LogP contribution < -0.4 is 5.32 Å². The second-order valence-corrected chi connectivity index (χ2v) is 11.2. The van der Waals surface area contributed by atoms with Crippen molar-refractivity contribution in [3.8, 4) is 11.3 Å². The number of hydrogen-bond acceptors (Lipinski definition) is 6. The Labute approximate surface area is 196 Å². The van der Waals surface area contributed by atoms with Crippen molar-refractivity contribution in [2.45, 2.75) is 11.8 Å². The molecule has 0 aliphatic carbocycles. The third-order valence-corrected chi connectivity index (χ3v) is 8.36. The topological polar surface area (TPSA) is 82.6 Å². The zero-order valence-electron chi connectivity index (χ0n) is 17.7. The maximum absolute atomic E-state index is 13.0. The van der Waals surface area contributed by atoms with E-state index in [1.54, 1.807) is 24.3 Å². The Bertz CT molecular complexity index is 1230. The standard InChI is InChI=1S/C22H23ClN4O3S2/c1-15-20(16-6-8-18(23)9-7-16)24-22(31-15)25-21(28)17-4-3-5-19(14-17)32(29,30)27-12-10-26(2)11-13-27/h3-9,14H,10-13H2,1-2H3,(H,24,25,28). The largest absolute Gasteiger partial charge is 0.304 e. The van der Waals surface area contributed by atoms with E-state index in [0.29, 0.717) is 36.3 Å². The molecule has 0 atom stereocenters. The highest BCUT2D eigenvalue weighted by Gasteiger charge is 2.28. The molecule has 10 heteroatoms. The number of rotatable bonds is 5. The van der Waals surface area contributed by atoms with Crippen LogP contribution in [-0.2, 0) is 10.0 Å². The predicted octanol–water partition coefficient (Wildman–Crippen LogP) is 3.96. The van der Waals surface area contributed by atoms with Gasteiger partial charge in [-0.1, -0.05) is 29.8 Å². The summed E-state index contributed by atoms with van der Waals surface area (Å²) in [6.45, 7) is 4.15. The van der Waals surface area contributed by atoms with Crippen molar-refractivity contribution < 1.29 is 13.2 Å². The zero-order chi connectivity index (χ0) is 22.9. The van der Waals surface area contributed by atoms with Crippen LogP contribution in [0.2, 0.25) is 5.02 Å². The van der Waals surface area contributed by atoms with Crippen LogP contribution >= 0.6 is 22.9 Å². The summed E-state index contributed by atoms with van der Waals surface area (Å²) >= 11 is 7.32. The number of carbonyl (C=O) groups is 1. The van der Waals surface area contributed by atoms with Crippen LogP contribution in [0.25, 0.3) is 11.3 Å². The number of carbonyl (C=O) groups excluding carboxylic acids is 1. The van der Waals surface area contributed by atoms with Gasteiger partial charge in [0, 0.05) is 47.2 Å². The summed E-state index contributed by atoms with van der Waals surface area (Å²) in [5.74, 6) is -0.406. The fourth-order valence-electron chi connectivity index (χ4n) is 3.47. The summed E-state index contributed by atoms with van der Waals surface area (Å²) in [6.07, 6.45) is 0. The number of aryl methyl sites for hydroxylation is 1. The van der Waals surface area contributed by atoms with Gasteiger partial charge in [0.1, 0.15) is 0 Å². The molecule has 0 radical (unpaired) electrons. The minimum atomic E-state index is -3.65. The lowest BCUT2D eigenvalue weighted by molar-refractivity contribution is 0.102. The SMILES string of the molecule is Cc1sc(NC(=O)c2cccc(S(=O)(=O)N3CCN(C)CC3)c2)nc1-c1ccc(Cl)cc1. The summed E-state index contributed by atoms with van der Waals surface area (Å²) in [7, 11) is -1.69. The van der Waals surface area contributed by atoms with Gasteiger partial charge < -0.3 is 4.90 Å². The Balaban J connectivity index is 1.52. The van der Waals surface area contributed by atoms with Crippen LogP contribution in [0.3, 0.4) is 0 Å². The fourth-order valence-corrected chi connectivity index (χ4v) is 5.90. The first kappa shape index (κ1) is 22.9. The molecule has 2 heterocycles. The summed E-state index contributed by atoms with van der Waals surface area (Å²) in [4.78, 5) is 20.5. The molecular formula is C22H23ClN4O3S2. The van der Waals surface area contributed by atoms with E-state index >= 15 is 0 Å². The Morgan fingerprint density at radius 1 is 1.09 bits per heavy atom. The second-order valence-electron chi connectivity index (χ2n) is 7.62. The van der Waals surface area contributed by atoms with Crippen LogP contribution in [0.1, 0.15) is 15.2 Å². The molecule has 1 amide bonds. The number of nitrogens with zero attached hydrogens (tertiary/aromatic N) is 3. The van der Waals surface area contributed by atoms with Gasteiger partial charge in [-0.2, -0.15) is 4.31 Å². The minimum absolute atomic E-state index is 0.117. The number of nitrogens with one attached hydrogen (secondary N) is 1. The molecule has 0 bridgehead atoms. The highest BCUT2D eigenvalue weighted by molar-refractivity contribution is 7.89. The van der Waals surface area contributed by atoms with Crippen molar-refractivity contribution in [3.05, 3.63) is 64.0 Å². The van der Waals surface area contributed by atoms with Crippen LogP contribution in [-0.4, -0.2) is 61.7 Å². The molecule has 32 heavy (non-hydrogen) atoms. The van der Waals surface area contributed by atoms with Crippen molar-refractivity contribution >= 4 is 44.0 Å².